The van der Waals surface area contributed by atoms with E-state index in [0.29, 0.717) is 10.6 Å². The first kappa shape index (κ1) is 21.6. The van der Waals surface area contributed by atoms with Gasteiger partial charge in [0.2, 0.25) is 11.8 Å². The van der Waals surface area contributed by atoms with Crippen molar-refractivity contribution in [3.63, 3.8) is 0 Å². The van der Waals surface area contributed by atoms with E-state index in [2.05, 4.69) is 5.32 Å². The van der Waals surface area contributed by atoms with Gasteiger partial charge in [0.15, 0.2) is 0 Å². The fourth-order valence-electron chi connectivity index (χ4n) is 2.43. The van der Waals surface area contributed by atoms with Crippen LogP contribution in [-0.4, -0.2) is 68.4 Å². The van der Waals surface area contributed by atoms with E-state index < -0.39 is 5.97 Å². The summed E-state index contributed by atoms with van der Waals surface area (Å²) in [6, 6.07) is 11.3. The molecule has 2 amide bonds. The van der Waals surface area contributed by atoms with Crippen LogP contribution in [0.2, 0.25) is 0 Å². The molecule has 28 heavy (non-hydrogen) atoms. The molecule has 1 N–H and O–H groups in total. The lowest BCUT2D eigenvalue weighted by Crippen LogP contribution is -2.38. The van der Waals surface area contributed by atoms with Crippen LogP contribution >= 0.6 is 11.3 Å². The van der Waals surface area contributed by atoms with Gasteiger partial charge in [0.05, 0.1) is 25.3 Å². The Labute approximate surface area is 168 Å². The molecule has 1 aromatic carbocycles. The number of amides is 2. The summed E-state index contributed by atoms with van der Waals surface area (Å²) in [6.45, 7) is 2.14. The highest BCUT2D eigenvalue weighted by molar-refractivity contribution is 7.20. The van der Waals surface area contributed by atoms with Gasteiger partial charge in [-0.2, -0.15) is 0 Å². The Kier molecular flexibility index (Phi) is 7.71. The maximum Gasteiger partial charge on any atom is 0.341 e. The monoisotopic (exact) mass is 403 g/mol. The zero-order chi connectivity index (χ0) is 20.7. The van der Waals surface area contributed by atoms with Gasteiger partial charge in [0, 0.05) is 19.0 Å². The lowest BCUT2D eigenvalue weighted by Gasteiger charge is -2.18. The Bertz CT molecular complexity index is 833. The third kappa shape index (κ3) is 5.90. The second-order valence-electron chi connectivity index (χ2n) is 6.45. The third-order valence-electron chi connectivity index (χ3n) is 3.86. The summed E-state index contributed by atoms with van der Waals surface area (Å²) in [5.41, 5.74) is 1.28. The molecular weight excluding hydrogens is 378 g/mol. The van der Waals surface area contributed by atoms with Crippen LogP contribution < -0.4 is 5.32 Å². The van der Waals surface area contributed by atoms with Crippen LogP contribution in [0.3, 0.4) is 0 Å². The molecule has 0 unspecified atom stereocenters. The van der Waals surface area contributed by atoms with Crippen molar-refractivity contribution >= 4 is 34.1 Å². The molecule has 0 aliphatic rings. The highest BCUT2D eigenvalue weighted by Crippen LogP contribution is 2.35. The van der Waals surface area contributed by atoms with Crippen LogP contribution in [0.5, 0.6) is 0 Å². The van der Waals surface area contributed by atoms with Crippen LogP contribution in [0.15, 0.2) is 36.4 Å². The van der Waals surface area contributed by atoms with Crippen LogP contribution in [-0.2, 0) is 14.3 Å². The summed E-state index contributed by atoms with van der Waals surface area (Å²) >= 11 is 1.31. The number of anilines is 1. The molecule has 0 radical (unpaired) electrons. The molecule has 0 aliphatic heterocycles. The number of hydrogen-bond donors (Lipinski definition) is 1. The molecule has 7 nitrogen and oxygen atoms in total. The second-order valence-corrected chi connectivity index (χ2v) is 7.50. The number of nitrogens with zero attached hydrogens (tertiary/aromatic N) is 2. The Morgan fingerprint density at radius 3 is 2.36 bits per heavy atom. The number of carbonyl (C=O) groups is 3. The number of thiophene rings is 1. The minimum absolute atomic E-state index is 0.0282. The average molecular weight is 404 g/mol. The van der Waals surface area contributed by atoms with Crippen LogP contribution in [0.1, 0.15) is 17.3 Å². The van der Waals surface area contributed by atoms with Gasteiger partial charge in [-0.1, -0.05) is 30.3 Å². The van der Waals surface area contributed by atoms with E-state index in [0.717, 1.165) is 10.4 Å². The smallest absolute Gasteiger partial charge is 0.341 e. The maximum atomic E-state index is 12.4. The quantitative estimate of drug-likeness (QED) is 0.686. The van der Waals surface area contributed by atoms with Gasteiger partial charge < -0.3 is 15.0 Å². The first-order valence-corrected chi connectivity index (χ1v) is 9.68. The van der Waals surface area contributed by atoms with Crippen molar-refractivity contribution in [3.05, 3.63) is 42.0 Å². The standard InChI is InChI=1S/C20H25N3O4S/c1-5-27-20(26)15-11-16(14-9-7-6-8-10-14)28-19(15)21-17(24)12-23(4)13-18(25)22(2)3/h6-11H,5,12-13H2,1-4H3,(H,21,24). The van der Waals surface area contributed by atoms with Crippen molar-refractivity contribution in [1.82, 2.24) is 9.80 Å². The molecule has 0 spiro atoms. The van der Waals surface area contributed by atoms with E-state index in [1.54, 1.807) is 39.0 Å². The summed E-state index contributed by atoms with van der Waals surface area (Å²) in [7, 11) is 5.02. The van der Waals surface area contributed by atoms with Crippen molar-refractivity contribution in [3.8, 4) is 10.4 Å². The normalized spacial score (nSPS) is 10.6. The van der Waals surface area contributed by atoms with Crippen LogP contribution in [0.4, 0.5) is 5.00 Å². The number of carbonyl (C=O) groups excluding carboxylic acids is 3. The number of esters is 1. The number of likely N-dealkylation sites (N-methyl/N-ethyl adjacent to an activating group) is 2. The summed E-state index contributed by atoms with van der Waals surface area (Å²) in [4.78, 5) is 40.4. The molecule has 2 aromatic rings. The van der Waals surface area contributed by atoms with Crippen molar-refractivity contribution in [1.29, 1.82) is 0 Å². The van der Waals surface area contributed by atoms with Crippen molar-refractivity contribution in [2.24, 2.45) is 0 Å². The SMILES string of the molecule is CCOC(=O)c1cc(-c2ccccc2)sc1NC(=O)CN(C)CC(=O)N(C)C. The highest BCUT2D eigenvalue weighted by atomic mass is 32.1. The van der Waals surface area contributed by atoms with Gasteiger partial charge in [-0.05, 0) is 25.6 Å². The van der Waals surface area contributed by atoms with Crippen molar-refractivity contribution in [2.45, 2.75) is 6.92 Å². The molecule has 2 rings (SSSR count). The first-order valence-electron chi connectivity index (χ1n) is 8.86. The predicted octanol–water partition coefficient (Wildman–Crippen LogP) is 2.55. The molecule has 0 fully saturated rings. The van der Waals surface area contributed by atoms with Gasteiger partial charge in [0.25, 0.3) is 0 Å². The molecule has 0 atom stereocenters. The Balaban J connectivity index is 2.16. The lowest BCUT2D eigenvalue weighted by atomic mass is 10.1. The molecule has 0 bridgehead atoms. The minimum atomic E-state index is -0.479. The molecule has 150 valence electrons. The van der Waals surface area contributed by atoms with Gasteiger partial charge >= 0.3 is 5.97 Å². The second kappa shape index (κ2) is 10.0. The van der Waals surface area contributed by atoms with Gasteiger partial charge in [0.1, 0.15) is 5.00 Å². The van der Waals surface area contributed by atoms with Crippen molar-refractivity contribution < 1.29 is 19.1 Å². The van der Waals surface area contributed by atoms with Crippen LogP contribution in [0, 0.1) is 0 Å². The fourth-order valence-corrected chi connectivity index (χ4v) is 3.50. The number of nitrogens with one attached hydrogen (secondary N) is 1. The summed E-state index contributed by atoms with van der Waals surface area (Å²) in [6.07, 6.45) is 0. The van der Waals surface area contributed by atoms with E-state index in [1.807, 2.05) is 30.3 Å². The maximum absolute atomic E-state index is 12.4. The van der Waals surface area contributed by atoms with E-state index in [9.17, 15) is 14.4 Å². The Morgan fingerprint density at radius 2 is 1.75 bits per heavy atom. The zero-order valence-corrected chi connectivity index (χ0v) is 17.3. The number of benzene rings is 1. The highest BCUT2D eigenvalue weighted by Gasteiger charge is 2.20. The number of hydrogen-bond acceptors (Lipinski definition) is 6. The Morgan fingerprint density at radius 1 is 1.07 bits per heavy atom. The molecule has 0 saturated carbocycles. The van der Waals surface area contributed by atoms with E-state index in [4.69, 9.17) is 4.74 Å². The van der Waals surface area contributed by atoms with Crippen molar-refractivity contribution in [2.75, 3.05) is 46.2 Å². The number of ether oxygens (including phenoxy) is 1. The third-order valence-corrected chi connectivity index (χ3v) is 4.96. The topological polar surface area (TPSA) is 79.0 Å². The largest absolute Gasteiger partial charge is 0.462 e. The van der Waals surface area contributed by atoms with Crippen LogP contribution in [0.25, 0.3) is 10.4 Å². The molecular formula is C20H25N3O4S. The average Bonchev–Trinajstić information content (AvgIpc) is 3.06. The van der Waals surface area contributed by atoms with E-state index in [1.165, 1.54) is 16.2 Å². The summed E-state index contributed by atoms with van der Waals surface area (Å²) in [5, 5.41) is 3.23. The van der Waals surface area contributed by atoms with Gasteiger partial charge in [-0.15, -0.1) is 11.3 Å². The molecule has 1 heterocycles. The van der Waals surface area contributed by atoms with E-state index in [-0.39, 0.29) is 31.5 Å². The Hall–Kier alpha value is -2.71. The summed E-state index contributed by atoms with van der Waals surface area (Å²) in [5.74, 6) is -0.876. The molecule has 1 aromatic heterocycles. The molecule has 0 saturated heterocycles. The number of rotatable bonds is 8. The lowest BCUT2D eigenvalue weighted by molar-refractivity contribution is -0.130. The predicted molar refractivity (Wildman–Crippen MR) is 111 cm³/mol. The minimum Gasteiger partial charge on any atom is -0.462 e. The van der Waals surface area contributed by atoms with Gasteiger partial charge in [-0.3, -0.25) is 14.5 Å². The fraction of sp³-hybridized carbons (Fsp3) is 0.350. The molecule has 0 aliphatic carbocycles. The summed E-state index contributed by atoms with van der Waals surface area (Å²) < 4.78 is 5.12. The van der Waals surface area contributed by atoms with Gasteiger partial charge in [-0.25, -0.2) is 4.79 Å². The zero-order valence-electron chi connectivity index (χ0n) is 16.5. The van der Waals surface area contributed by atoms with E-state index >= 15 is 0 Å². The first-order chi connectivity index (χ1) is 13.3. The molecule has 8 heteroatoms.